The van der Waals surface area contributed by atoms with Gasteiger partial charge in [0, 0.05) is 4.90 Å². The number of hydrogen-bond donors (Lipinski definition) is 0. The Hall–Kier alpha value is 0.140. The minimum absolute atomic E-state index is 0.722. The average molecular weight is 431 g/mol. The topological polar surface area (TPSA) is 18.5 Å². The van der Waals surface area contributed by atoms with Crippen molar-refractivity contribution < 1.29 is 9.05 Å². The maximum atomic E-state index is 6.15. The summed E-state index contributed by atoms with van der Waals surface area (Å²) in [4.78, 5) is 1.15. The zero-order chi connectivity index (χ0) is 19.6. The van der Waals surface area contributed by atoms with Crippen molar-refractivity contribution in [3.05, 3.63) is 30.3 Å². The Morgan fingerprint density at radius 3 is 1.63 bits per heavy atom. The van der Waals surface area contributed by atoms with Crippen LogP contribution < -0.4 is 0 Å². The summed E-state index contributed by atoms with van der Waals surface area (Å²) in [5, 5.41) is 0. The molecule has 0 spiro atoms. The van der Waals surface area contributed by atoms with Crippen LogP contribution in [0.4, 0.5) is 0 Å². The second-order valence-corrected chi connectivity index (χ2v) is 13.2. The van der Waals surface area contributed by atoms with Gasteiger partial charge >= 0.3 is 0 Å². The van der Waals surface area contributed by atoms with Gasteiger partial charge in [0.25, 0.3) is 5.69 Å². The molecule has 0 aliphatic heterocycles. The third-order valence-electron chi connectivity index (χ3n) is 4.46. The lowest BCUT2D eigenvalue weighted by Crippen LogP contribution is -1.98. The van der Waals surface area contributed by atoms with Crippen molar-refractivity contribution in [1.29, 1.82) is 0 Å². The Bertz CT molecular complexity index is 474. The van der Waals surface area contributed by atoms with Gasteiger partial charge < -0.3 is 9.05 Å². The van der Waals surface area contributed by atoms with Crippen LogP contribution in [0.5, 0.6) is 0 Å². The summed E-state index contributed by atoms with van der Waals surface area (Å²) < 4.78 is 12.3. The molecule has 0 aromatic heterocycles. The quantitative estimate of drug-likeness (QED) is 0.171. The molecule has 0 heterocycles. The summed E-state index contributed by atoms with van der Waals surface area (Å²) in [5.74, 6) is 0. The van der Waals surface area contributed by atoms with E-state index in [-0.39, 0.29) is 0 Å². The summed E-state index contributed by atoms with van der Waals surface area (Å²) in [6.45, 7) is 5.95. The second-order valence-electron chi connectivity index (χ2n) is 7.05. The van der Waals surface area contributed by atoms with Gasteiger partial charge in [0.1, 0.15) is 0 Å². The summed E-state index contributed by atoms with van der Waals surface area (Å²) in [5.41, 5.74) is -2.31. The first kappa shape index (κ1) is 25.2. The maximum absolute atomic E-state index is 6.15. The molecule has 2 nitrogen and oxygen atoms in total. The van der Waals surface area contributed by atoms with E-state index in [1.54, 1.807) is 11.4 Å². The number of hydrogen-bond acceptors (Lipinski definition) is 4. The zero-order valence-corrected chi connectivity index (χ0v) is 19.9. The Balaban J connectivity index is 2.36. The van der Waals surface area contributed by atoms with Crippen molar-refractivity contribution in [2.45, 2.75) is 95.8 Å². The van der Waals surface area contributed by atoms with Gasteiger partial charge in [0.05, 0.1) is 13.2 Å². The smallest absolute Gasteiger partial charge is 0.252 e. The fourth-order valence-corrected chi connectivity index (χ4v) is 7.37. The number of unbranched alkanes of at least 4 members (excludes halogenated alkanes) is 10. The molecule has 0 unspecified atom stereocenters. The van der Waals surface area contributed by atoms with E-state index in [2.05, 4.69) is 26.0 Å². The highest BCUT2D eigenvalue weighted by Crippen LogP contribution is 2.64. The first-order valence-electron chi connectivity index (χ1n) is 10.8. The van der Waals surface area contributed by atoms with Crippen molar-refractivity contribution >= 4 is 28.9 Å². The standard InChI is InChI=1S/C22H39O2PS2/c1-3-5-7-9-11-16-20-23-25(26,27-22-18-14-13-15-19-22)24-21-17-12-10-8-6-4-2/h13-15,18-19H,3-12,16-17,20-21H2,1-2H3. The predicted octanol–water partition coefficient (Wildman–Crippen LogP) is 8.76. The van der Waals surface area contributed by atoms with Gasteiger partial charge in [-0.2, -0.15) is 0 Å². The molecule has 0 fully saturated rings. The van der Waals surface area contributed by atoms with Crippen molar-refractivity contribution in [3.63, 3.8) is 0 Å². The summed E-state index contributed by atoms with van der Waals surface area (Å²) in [6.07, 6.45) is 15.1. The first-order valence-corrected chi connectivity index (χ1v) is 14.9. The molecule has 0 aliphatic rings. The predicted molar refractivity (Wildman–Crippen MR) is 125 cm³/mol. The Morgan fingerprint density at radius 2 is 1.15 bits per heavy atom. The molecule has 0 radical (unpaired) electrons. The molecule has 1 aromatic rings. The Morgan fingerprint density at radius 1 is 0.704 bits per heavy atom. The molecule has 156 valence electrons. The maximum Gasteiger partial charge on any atom is 0.252 e. The molecule has 0 amide bonds. The second kappa shape index (κ2) is 17.0. The van der Waals surface area contributed by atoms with E-state index in [0.29, 0.717) is 0 Å². The van der Waals surface area contributed by atoms with Crippen LogP contribution >= 0.6 is 17.1 Å². The van der Waals surface area contributed by atoms with Gasteiger partial charge in [-0.15, -0.1) is 0 Å². The minimum atomic E-state index is -2.31. The lowest BCUT2D eigenvalue weighted by molar-refractivity contribution is 0.249. The summed E-state index contributed by atoms with van der Waals surface area (Å²) in [7, 11) is 0. The molecule has 0 saturated carbocycles. The molecular formula is C22H39O2PS2. The van der Waals surface area contributed by atoms with Crippen LogP contribution in [0.3, 0.4) is 0 Å². The average Bonchev–Trinajstić information content (AvgIpc) is 2.67. The lowest BCUT2D eigenvalue weighted by Gasteiger charge is -2.21. The molecule has 1 rings (SSSR count). The highest BCUT2D eigenvalue weighted by Gasteiger charge is 2.21. The van der Waals surface area contributed by atoms with Gasteiger partial charge in [-0.1, -0.05) is 96.3 Å². The fraction of sp³-hybridized carbons (Fsp3) is 0.727. The van der Waals surface area contributed by atoms with E-state index in [1.807, 2.05) is 18.2 Å². The molecule has 1 aromatic carbocycles. The molecule has 0 N–H and O–H groups in total. The highest BCUT2D eigenvalue weighted by molar-refractivity contribution is 8.67. The molecule has 0 saturated heterocycles. The summed E-state index contributed by atoms with van der Waals surface area (Å²) in [6, 6.07) is 10.3. The van der Waals surface area contributed by atoms with Crippen LogP contribution in [-0.2, 0) is 20.9 Å². The highest BCUT2D eigenvalue weighted by atomic mass is 32.9. The van der Waals surface area contributed by atoms with E-state index in [4.69, 9.17) is 20.9 Å². The first-order chi connectivity index (χ1) is 13.2. The van der Waals surface area contributed by atoms with Gasteiger partial charge in [-0.05, 0) is 48.2 Å². The molecule has 0 aliphatic carbocycles. The van der Waals surface area contributed by atoms with E-state index in [0.717, 1.165) is 31.0 Å². The van der Waals surface area contributed by atoms with Crippen LogP contribution in [0.15, 0.2) is 35.2 Å². The zero-order valence-electron chi connectivity index (χ0n) is 17.4. The SMILES string of the molecule is CCCCCCCCOP(=S)(OCCCCCCCC)Sc1ccccc1. The van der Waals surface area contributed by atoms with Crippen molar-refractivity contribution in [2.75, 3.05) is 13.2 Å². The number of benzene rings is 1. The van der Waals surface area contributed by atoms with Crippen LogP contribution in [0.25, 0.3) is 0 Å². The fourth-order valence-electron chi connectivity index (χ4n) is 2.82. The van der Waals surface area contributed by atoms with Gasteiger partial charge in [-0.3, -0.25) is 0 Å². The van der Waals surface area contributed by atoms with Crippen LogP contribution in [-0.4, -0.2) is 13.2 Å². The third kappa shape index (κ3) is 13.9. The van der Waals surface area contributed by atoms with E-state index >= 15 is 0 Å². The monoisotopic (exact) mass is 430 g/mol. The largest absolute Gasteiger partial charge is 0.321 e. The molecule has 5 heteroatoms. The number of rotatable bonds is 18. The normalized spacial score (nSPS) is 11.8. The van der Waals surface area contributed by atoms with Crippen molar-refractivity contribution in [2.24, 2.45) is 0 Å². The molecule has 0 bridgehead atoms. The molecule has 0 atom stereocenters. The van der Waals surface area contributed by atoms with Crippen molar-refractivity contribution in [3.8, 4) is 0 Å². The van der Waals surface area contributed by atoms with Crippen molar-refractivity contribution in [1.82, 2.24) is 0 Å². The van der Waals surface area contributed by atoms with Crippen LogP contribution in [0.1, 0.15) is 90.9 Å². The Labute approximate surface area is 177 Å². The van der Waals surface area contributed by atoms with Gasteiger partial charge in [0.2, 0.25) is 0 Å². The van der Waals surface area contributed by atoms with E-state index in [9.17, 15) is 0 Å². The van der Waals surface area contributed by atoms with E-state index in [1.165, 1.54) is 64.2 Å². The van der Waals surface area contributed by atoms with Gasteiger partial charge in [0.15, 0.2) is 0 Å². The lowest BCUT2D eigenvalue weighted by atomic mass is 10.1. The summed E-state index contributed by atoms with van der Waals surface area (Å²) >= 11 is 7.47. The molecular weight excluding hydrogens is 391 g/mol. The Kier molecular flexibility index (Phi) is 15.9. The van der Waals surface area contributed by atoms with E-state index < -0.39 is 5.69 Å². The van der Waals surface area contributed by atoms with Crippen LogP contribution in [0.2, 0.25) is 0 Å². The minimum Gasteiger partial charge on any atom is -0.321 e. The van der Waals surface area contributed by atoms with Crippen LogP contribution in [0, 0.1) is 0 Å². The third-order valence-corrected chi connectivity index (χ3v) is 9.40. The molecule has 27 heavy (non-hydrogen) atoms. The van der Waals surface area contributed by atoms with Gasteiger partial charge in [-0.25, -0.2) is 0 Å².